The number of hydrogen-bond donors (Lipinski definition) is 1. The van der Waals surface area contributed by atoms with Crippen molar-refractivity contribution < 1.29 is 17.9 Å². The topological polar surface area (TPSA) is 76.6 Å². The summed E-state index contributed by atoms with van der Waals surface area (Å²) in [6, 6.07) is 7.07. The number of pyridine rings is 1. The molecule has 0 spiro atoms. The molecule has 122 valence electrons. The number of nitrogens with zero attached hydrogens (tertiary/aromatic N) is 4. The molecule has 3 aromatic heterocycles. The quantitative estimate of drug-likeness (QED) is 0.611. The van der Waals surface area contributed by atoms with E-state index in [1.165, 1.54) is 11.3 Å². The Labute approximate surface area is 136 Å². The molecule has 0 aliphatic rings. The molecule has 0 unspecified atom stereocenters. The number of hydrogen-bond acceptors (Lipinski definition) is 6. The third kappa shape index (κ3) is 2.64. The molecule has 4 rings (SSSR count). The van der Waals surface area contributed by atoms with Crippen molar-refractivity contribution >= 4 is 32.3 Å². The predicted octanol–water partition coefficient (Wildman–Crippen LogP) is 3.57. The average molecular weight is 351 g/mol. The second-order valence-corrected chi connectivity index (χ2v) is 5.88. The highest BCUT2D eigenvalue weighted by Crippen LogP contribution is 2.36. The van der Waals surface area contributed by atoms with Crippen LogP contribution >= 0.6 is 11.3 Å². The molecule has 0 fully saturated rings. The zero-order valence-corrected chi connectivity index (χ0v) is 12.6. The highest BCUT2D eigenvalue weighted by molar-refractivity contribution is 7.18. The third-order valence-corrected chi connectivity index (χ3v) is 4.30. The molecule has 3 heterocycles. The van der Waals surface area contributed by atoms with Gasteiger partial charge in [-0.25, -0.2) is 10.1 Å². The standard InChI is InChI=1S/C14H8F3N5OS/c15-14(16,17)6-23-13-9-3-4-24-11(9)8-2-1-7(5-10(8)18-13)12-19-21-22-20-12/h1-5H,6H2,(H,19,20,21,22). The van der Waals surface area contributed by atoms with E-state index < -0.39 is 12.8 Å². The van der Waals surface area contributed by atoms with E-state index in [9.17, 15) is 13.2 Å². The van der Waals surface area contributed by atoms with Crippen molar-refractivity contribution in [2.45, 2.75) is 6.18 Å². The Hall–Kier alpha value is -2.75. The van der Waals surface area contributed by atoms with Crippen LogP contribution in [0.1, 0.15) is 0 Å². The first-order valence-corrected chi connectivity index (χ1v) is 7.64. The molecule has 0 aliphatic heterocycles. The molecular weight excluding hydrogens is 343 g/mol. The molecular formula is C14H8F3N5OS. The Morgan fingerprint density at radius 3 is 2.79 bits per heavy atom. The summed E-state index contributed by atoms with van der Waals surface area (Å²) in [5, 5.41) is 16.6. The maximum absolute atomic E-state index is 12.5. The Bertz CT molecular complexity index is 1010. The number of aromatic nitrogens is 5. The molecule has 1 N–H and O–H groups in total. The van der Waals surface area contributed by atoms with Gasteiger partial charge < -0.3 is 4.74 Å². The monoisotopic (exact) mass is 351 g/mol. The number of halogens is 3. The van der Waals surface area contributed by atoms with Crippen LogP contribution in [-0.2, 0) is 0 Å². The van der Waals surface area contributed by atoms with Gasteiger partial charge in [0.2, 0.25) is 5.88 Å². The van der Waals surface area contributed by atoms with Crippen LogP contribution in [0.15, 0.2) is 29.6 Å². The van der Waals surface area contributed by atoms with Gasteiger partial charge in [-0.05, 0) is 27.9 Å². The maximum Gasteiger partial charge on any atom is 0.422 e. The highest BCUT2D eigenvalue weighted by atomic mass is 32.1. The van der Waals surface area contributed by atoms with Crippen molar-refractivity contribution in [3.63, 3.8) is 0 Å². The van der Waals surface area contributed by atoms with E-state index in [2.05, 4.69) is 25.6 Å². The lowest BCUT2D eigenvalue weighted by Gasteiger charge is -2.11. The highest BCUT2D eigenvalue weighted by Gasteiger charge is 2.29. The predicted molar refractivity (Wildman–Crippen MR) is 81.8 cm³/mol. The first-order valence-electron chi connectivity index (χ1n) is 6.76. The molecule has 0 aliphatic carbocycles. The summed E-state index contributed by atoms with van der Waals surface area (Å²) < 4.78 is 43.1. The number of thiophene rings is 1. The summed E-state index contributed by atoms with van der Waals surface area (Å²) in [6.45, 7) is -1.39. The molecule has 0 atom stereocenters. The van der Waals surface area contributed by atoms with Crippen molar-refractivity contribution in [2.75, 3.05) is 6.61 Å². The molecule has 0 bridgehead atoms. The number of nitrogens with one attached hydrogen (secondary N) is 1. The van der Waals surface area contributed by atoms with Crippen LogP contribution in [0.5, 0.6) is 5.88 Å². The Morgan fingerprint density at radius 2 is 2.04 bits per heavy atom. The Balaban J connectivity index is 1.86. The molecule has 6 nitrogen and oxygen atoms in total. The number of H-pyrrole nitrogens is 1. The van der Waals surface area contributed by atoms with E-state index in [1.807, 2.05) is 12.1 Å². The van der Waals surface area contributed by atoms with Gasteiger partial charge in [0.05, 0.1) is 10.9 Å². The summed E-state index contributed by atoms with van der Waals surface area (Å²) in [4.78, 5) is 4.25. The molecule has 0 saturated heterocycles. The lowest BCUT2D eigenvalue weighted by molar-refractivity contribution is -0.153. The summed E-state index contributed by atoms with van der Waals surface area (Å²) in [7, 11) is 0. The minimum absolute atomic E-state index is 0.0380. The van der Waals surface area contributed by atoms with Crippen molar-refractivity contribution in [2.24, 2.45) is 0 Å². The van der Waals surface area contributed by atoms with E-state index >= 15 is 0 Å². The van der Waals surface area contributed by atoms with Crippen molar-refractivity contribution in [1.29, 1.82) is 0 Å². The minimum Gasteiger partial charge on any atom is -0.468 e. The van der Waals surface area contributed by atoms with Gasteiger partial charge in [0.25, 0.3) is 0 Å². The lowest BCUT2D eigenvalue weighted by atomic mass is 10.1. The second kappa shape index (κ2) is 5.41. The summed E-state index contributed by atoms with van der Waals surface area (Å²) in [5.74, 6) is 0.409. The summed E-state index contributed by atoms with van der Waals surface area (Å²) in [5.41, 5.74) is 1.19. The first kappa shape index (κ1) is 14.8. The average Bonchev–Trinajstić information content (AvgIpc) is 3.22. The van der Waals surface area contributed by atoms with Gasteiger partial charge in [0.15, 0.2) is 12.4 Å². The number of alkyl halides is 3. The molecule has 0 radical (unpaired) electrons. The van der Waals surface area contributed by atoms with E-state index in [4.69, 9.17) is 4.74 Å². The molecule has 10 heteroatoms. The smallest absolute Gasteiger partial charge is 0.422 e. The van der Waals surface area contributed by atoms with E-state index in [-0.39, 0.29) is 5.88 Å². The van der Waals surface area contributed by atoms with Crippen LogP contribution in [0.25, 0.3) is 32.4 Å². The maximum atomic E-state index is 12.5. The lowest BCUT2D eigenvalue weighted by Crippen LogP contribution is -2.19. The summed E-state index contributed by atoms with van der Waals surface area (Å²) in [6.07, 6.45) is -4.42. The van der Waals surface area contributed by atoms with E-state index in [1.54, 1.807) is 17.5 Å². The molecule has 0 saturated carbocycles. The van der Waals surface area contributed by atoms with Crippen LogP contribution in [0.2, 0.25) is 0 Å². The number of fused-ring (bicyclic) bond motifs is 3. The fraction of sp³-hybridized carbons (Fsp3) is 0.143. The van der Waals surface area contributed by atoms with Crippen LogP contribution in [0.3, 0.4) is 0 Å². The van der Waals surface area contributed by atoms with Gasteiger partial charge >= 0.3 is 6.18 Å². The van der Waals surface area contributed by atoms with Crippen molar-refractivity contribution in [1.82, 2.24) is 25.6 Å². The van der Waals surface area contributed by atoms with Crippen LogP contribution < -0.4 is 4.74 Å². The van der Waals surface area contributed by atoms with Gasteiger partial charge in [-0.1, -0.05) is 12.1 Å². The van der Waals surface area contributed by atoms with Gasteiger partial charge in [-0.2, -0.15) is 13.2 Å². The van der Waals surface area contributed by atoms with Gasteiger partial charge in [0, 0.05) is 15.6 Å². The Kier molecular flexibility index (Phi) is 3.34. The number of ether oxygens (including phenoxy) is 1. The first-order chi connectivity index (χ1) is 11.5. The SMILES string of the molecule is FC(F)(F)COc1nc2cc(-c3nnn[nH]3)ccc2c2sccc12. The fourth-order valence-electron chi connectivity index (χ4n) is 2.36. The zero-order valence-electron chi connectivity index (χ0n) is 11.8. The number of aromatic amines is 1. The third-order valence-electron chi connectivity index (χ3n) is 3.35. The van der Waals surface area contributed by atoms with E-state index in [0.717, 1.165) is 10.1 Å². The molecule has 1 aromatic carbocycles. The largest absolute Gasteiger partial charge is 0.468 e. The van der Waals surface area contributed by atoms with Crippen LogP contribution in [0, 0.1) is 0 Å². The molecule has 4 aromatic rings. The second-order valence-electron chi connectivity index (χ2n) is 4.97. The number of rotatable bonds is 3. The molecule has 24 heavy (non-hydrogen) atoms. The zero-order chi connectivity index (χ0) is 16.7. The number of tetrazole rings is 1. The normalized spacial score (nSPS) is 12.1. The minimum atomic E-state index is -4.42. The van der Waals surface area contributed by atoms with Gasteiger partial charge in [-0.3, -0.25) is 0 Å². The van der Waals surface area contributed by atoms with Crippen LogP contribution in [-0.4, -0.2) is 38.4 Å². The van der Waals surface area contributed by atoms with Crippen molar-refractivity contribution in [3.05, 3.63) is 29.6 Å². The molecule has 0 amide bonds. The Morgan fingerprint density at radius 1 is 1.17 bits per heavy atom. The fourth-order valence-corrected chi connectivity index (χ4v) is 3.28. The van der Waals surface area contributed by atoms with Crippen LogP contribution in [0.4, 0.5) is 13.2 Å². The number of benzene rings is 1. The van der Waals surface area contributed by atoms with Gasteiger partial charge in [-0.15, -0.1) is 16.4 Å². The van der Waals surface area contributed by atoms with Gasteiger partial charge in [0.1, 0.15) is 0 Å². The van der Waals surface area contributed by atoms with E-state index in [0.29, 0.717) is 22.3 Å². The van der Waals surface area contributed by atoms with Crippen molar-refractivity contribution in [3.8, 4) is 17.3 Å². The summed E-state index contributed by atoms with van der Waals surface area (Å²) >= 11 is 1.42.